The normalized spacial score (nSPS) is 17.4. The molecule has 0 spiro atoms. The summed E-state index contributed by atoms with van der Waals surface area (Å²) in [7, 11) is 0. The third-order valence-electron chi connectivity index (χ3n) is 3.88. The molecule has 1 aliphatic carbocycles. The van der Waals surface area contributed by atoms with E-state index in [-0.39, 0.29) is 5.41 Å². The molecule has 126 valence electrons. The minimum Gasteiger partial charge on any atom is -0.297 e. The highest BCUT2D eigenvalue weighted by atomic mass is 32.2. The highest BCUT2D eigenvalue weighted by Crippen LogP contribution is 2.42. The molecule has 0 saturated heterocycles. The van der Waals surface area contributed by atoms with Gasteiger partial charge in [-0.15, -0.1) is 23.1 Å². The number of rotatable bonds is 3. The van der Waals surface area contributed by atoms with E-state index < -0.39 is 6.09 Å². The standard InChI is InChI=1S/C18H20N2O2S2/c1-18(2)9-12-11-24-16(23-3)15(12)14(10-18)20-22-17(21)19-13-7-5-4-6-8-13/h4-8,11H,9-10H2,1-3H3,(H,19,21). The number of anilines is 1. The molecule has 1 aromatic heterocycles. The molecule has 2 aromatic rings. The number of hydrogen-bond donors (Lipinski definition) is 1. The predicted octanol–water partition coefficient (Wildman–Crippen LogP) is 5.40. The third-order valence-corrected chi connectivity index (χ3v) is 6.07. The van der Waals surface area contributed by atoms with Crippen LogP contribution in [-0.4, -0.2) is 18.1 Å². The summed E-state index contributed by atoms with van der Waals surface area (Å²) in [6, 6.07) is 9.21. The van der Waals surface area contributed by atoms with Crippen molar-refractivity contribution in [2.45, 2.75) is 30.9 Å². The van der Waals surface area contributed by atoms with E-state index in [4.69, 9.17) is 4.84 Å². The molecule has 0 fully saturated rings. The zero-order valence-corrected chi connectivity index (χ0v) is 15.6. The summed E-state index contributed by atoms with van der Waals surface area (Å²) in [6.45, 7) is 4.43. The third kappa shape index (κ3) is 3.82. The summed E-state index contributed by atoms with van der Waals surface area (Å²) in [6.07, 6.45) is 3.31. The Morgan fingerprint density at radius 3 is 2.75 bits per heavy atom. The fourth-order valence-corrected chi connectivity index (χ4v) is 4.71. The van der Waals surface area contributed by atoms with Gasteiger partial charge in [0.15, 0.2) is 0 Å². The second kappa shape index (κ2) is 6.99. The van der Waals surface area contributed by atoms with Crippen molar-refractivity contribution in [1.29, 1.82) is 0 Å². The maximum Gasteiger partial charge on any atom is 0.437 e. The molecule has 1 N–H and O–H groups in total. The van der Waals surface area contributed by atoms with E-state index in [0.717, 1.165) is 24.1 Å². The number of amides is 1. The van der Waals surface area contributed by atoms with Crippen LogP contribution in [0.2, 0.25) is 0 Å². The molecule has 0 atom stereocenters. The number of para-hydroxylation sites is 1. The minimum atomic E-state index is -0.570. The van der Waals surface area contributed by atoms with Gasteiger partial charge >= 0.3 is 6.09 Å². The van der Waals surface area contributed by atoms with Gasteiger partial charge in [0, 0.05) is 11.3 Å². The topological polar surface area (TPSA) is 50.7 Å². The number of thioether (sulfide) groups is 1. The van der Waals surface area contributed by atoms with Crippen LogP contribution in [0, 0.1) is 5.41 Å². The Morgan fingerprint density at radius 1 is 1.29 bits per heavy atom. The van der Waals surface area contributed by atoms with E-state index in [2.05, 4.69) is 36.0 Å². The number of fused-ring (bicyclic) bond motifs is 1. The summed E-state index contributed by atoms with van der Waals surface area (Å²) in [4.78, 5) is 17.1. The number of oxime groups is 1. The van der Waals surface area contributed by atoms with E-state index in [1.54, 1.807) is 35.2 Å². The van der Waals surface area contributed by atoms with Crippen LogP contribution in [0.4, 0.5) is 10.5 Å². The Labute approximate surface area is 150 Å². The van der Waals surface area contributed by atoms with Crippen molar-refractivity contribution >= 4 is 40.6 Å². The van der Waals surface area contributed by atoms with Crippen molar-refractivity contribution in [1.82, 2.24) is 0 Å². The molecule has 0 saturated carbocycles. The van der Waals surface area contributed by atoms with Crippen molar-refractivity contribution in [3.05, 3.63) is 46.8 Å². The molecule has 1 aromatic carbocycles. The molecule has 1 heterocycles. The molecule has 1 aliphatic rings. The van der Waals surface area contributed by atoms with Crippen molar-refractivity contribution in [3.63, 3.8) is 0 Å². The molecular formula is C18H20N2O2S2. The van der Waals surface area contributed by atoms with Crippen molar-refractivity contribution in [2.24, 2.45) is 10.6 Å². The van der Waals surface area contributed by atoms with Gasteiger partial charge in [0.05, 0.1) is 9.92 Å². The molecule has 4 nitrogen and oxygen atoms in total. The van der Waals surface area contributed by atoms with Gasteiger partial charge in [-0.3, -0.25) is 10.2 Å². The lowest BCUT2D eigenvalue weighted by molar-refractivity contribution is 0.165. The Hall–Kier alpha value is -1.79. The number of nitrogens with zero attached hydrogens (tertiary/aromatic N) is 1. The van der Waals surface area contributed by atoms with Gasteiger partial charge < -0.3 is 0 Å². The van der Waals surface area contributed by atoms with Gasteiger partial charge in [0.1, 0.15) is 0 Å². The summed E-state index contributed by atoms with van der Waals surface area (Å²) in [5, 5.41) is 9.07. The van der Waals surface area contributed by atoms with Crippen LogP contribution in [0.15, 0.2) is 45.1 Å². The second-order valence-electron chi connectivity index (χ2n) is 6.55. The highest BCUT2D eigenvalue weighted by molar-refractivity contribution is 8.00. The largest absolute Gasteiger partial charge is 0.437 e. The number of benzene rings is 1. The Kier molecular flexibility index (Phi) is 4.96. The van der Waals surface area contributed by atoms with E-state index in [0.29, 0.717) is 5.69 Å². The van der Waals surface area contributed by atoms with Crippen LogP contribution in [0.3, 0.4) is 0 Å². The van der Waals surface area contributed by atoms with E-state index in [9.17, 15) is 4.79 Å². The summed E-state index contributed by atoms with van der Waals surface area (Å²) < 4.78 is 1.23. The lowest BCUT2D eigenvalue weighted by Gasteiger charge is -2.30. The van der Waals surface area contributed by atoms with Crippen LogP contribution in [0.5, 0.6) is 0 Å². The maximum atomic E-state index is 12.0. The zero-order chi connectivity index (χ0) is 17.2. The molecule has 0 unspecified atom stereocenters. The average molecular weight is 361 g/mol. The Bertz CT molecular complexity index is 767. The monoisotopic (exact) mass is 360 g/mol. The first-order chi connectivity index (χ1) is 11.5. The molecule has 1 amide bonds. The lowest BCUT2D eigenvalue weighted by atomic mass is 9.75. The number of carbonyl (C=O) groups excluding carboxylic acids is 1. The summed E-state index contributed by atoms with van der Waals surface area (Å²) in [5.41, 5.74) is 4.11. The van der Waals surface area contributed by atoms with Crippen molar-refractivity contribution in [2.75, 3.05) is 11.6 Å². The van der Waals surface area contributed by atoms with Gasteiger partial charge in [-0.1, -0.05) is 37.2 Å². The molecule has 0 radical (unpaired) electrons. The number of carbonyl (C=O) groups is 1. The first kappa shape index (κ1) is 17.0. The van der Waals surface area contributed by atoms with Gasteiger partial charge in [-0.25, -0.2) is 4.79 Å². The fraction of sp³-hybridized carbons (Fsp3) is 0.333. The van der Waals surface area contributed by atoms with Gasteiger partial charge in [-0.2, -0.15) is 0 Å². The lowest BCUT2D eigenvalue weighted by Crippen LogP contribution is -2.27. The van der Waals surface area contributed by atoms with E-state index >= 15 is 0 Å². The predicted molar refractivity (Wildman–Crippen MR) is 101 cm³/mol. The van der Waals surface area contributed by atoms with Crippen LogP contribution in [-0.2, 0) is 11.3 Å². The molecular weight excluding hydrogens is 340 g/mol. The number of hydrogen-bond acceptors (Lipinski definition) is 5. The molecule has 0 bridgehead atoms. The maximum absolute atomic E-state index is 12.0. The first-order valence-corrected chi connectivity index (χ1v) is 9.83. The smallest absolute Gasteiger partial charge is 0.297 e. The summed E-state index contributed by atoms with van der Waals surface area (Å²) >= 11 is 3.45. The van der Waals surface area contributed by atoms with Crippen molar-refractivity contribution in [3.8, 4) is 0 Å². The Morgan fingerprint density at radius 2 is 2.04 bits per heavy atom. The van der Waals surface area contributed by atoms with Gasteiger partial charge in [0.25, 0.3) is 0 Å². The molecule has 3 rings (SSSR count). The SMILES string of the molecule is CSc1scc2c1C(=NOC(=O)Nc1ccccc1)CC(C)(C)C2. The summed E-state index contributed by atoms with van der Waals surface area (Å²) in [5.74, 6) is 0. The van der Waals surface area contributed by atoms with Crippen LogP contribution >= 0.6 is 23.1 Å². The van der Waals surface area contributed by atoms with E-state index in [1.165, 1.54) is 9.77 Å². The zero-order valence-electron chi connectivity index (χ0n) is 14.0. The quantitative estimate of drug-likeness (QED) is 0.453. The van der Waals surface area contributed by atoms with Crippen LogP contribution < -0.4 is 5.32 Å². The molecule has 0 aliphatic heterocycles. The number of nitrogens with one attached hydrogen (secondary N) is 1. The van der Waals surface area contributed by atoms with E-state index in [1.807, 2.05) is 18.2 Å². The number of thiophene rings is 1. The average Bonchev–Trinajstić information content (AvgIpc) is 2.95. The van der Waals surface area contributed by atoms with Gasteiger partial charge in [-0.05, 0) is 47.6 Å². The van der Waals surface area contributed by atoms with Crippen LogP contribution in [0.1, 0.15) is 31.4 Å². The Balaban J connectivity index is 1.79. The second-order valence-corrected chi connectivity index (χ2v) is 8.51. The highest BCUT2D eigenvalue weighted by Gasteiger charge is 2.33. The molecule has 24 heavy (non-hydrogen) atoms. The minimum absolute atomic E-state index is 0.113. The first-order valence-electron chi connectivity index (χ1n) is 7.73. The van der Waals surface area contributed by atoms with Crippen molar-refractivity contribution < 1.29 is 9.63 Å². The van der Waals surface area contributed by atoms with Gasteiger partial charge in [0.2, 0.25) is 0 Å². The van der Waals surface area contributed by atoms with Crippen LogP contribution in [0.25, 0.3) is 0 Å². The molecule has 6 heteroatoms. The fourth-order valence-electron chi connectivity index (χ4n) is 2.91.